The first kappa shape index (κ1) is 13.9. The predicted molar refractivity (Wildman–Crippen MR) is 63.8 cm³/mol. The summed E-state index contributed by atoms with van der Waals surface area (Å²) in [5, 5.41) is 2.75. The van der Waals surface area contributed by atoms with Crippen LogP contribution in [0.2, 0.25) is 0 Å². The molecule has 0 atom stereocenters. The van der Waals surface area contributed by atoms with Crippen LogP contribution < -0.4 is 5.32 Å². The second-order valence-electron chi connectivity index (χ2n) is 4.00. The van der Waals surface area contributed by atoms with Crippen LogP contribution in [0.3, 0.4) is 0 Å². The van der Waals surface area contributed by atoms with Crippen LogP contribution in [0.1, 0.15) is 19.8 Å². The van der Waals surface area contributed by atoms with Gasteiger partial charge in [0.2, 0.25) is 0 Å². The second-order valence-corrected chi connectivity index (χ2v) is 4.00. The molecular weight excluding hydrogens is 174 g/mol. The van der Waals surface area contributed by atoms with Crippen LogP contribution in [-0.2, 0) is 0 Å². The first-order valence-electron chi connectivity index (χ1n) is 5.74. The summed E-state index contributed by atoms with van der Waals surface area (Å²) < 4.78 is 0. The van der Waals surface area contributed by atoms with Crippen molar-refractivity contribution in [1.29, 1.82) is 0 Å². The van der Waals surface area contributed by atoms with Crippen LogP contribution in [0.5, 0.6) is 0 Å². The molecule has 1 aliphatic rings. The second kappa shape index (κ2) is 9.44. The molecule has 0 amide bonds. The zero-order valence-corrected chi connectivity index (χ0v) is 10.3. The molecule has 1 saturated heterocycles. The maximum Gasteiger partial charge on any atom is 0.0110 e. The highest BCUT2D eigenvalue weighted by Gasteiger charge is 2.11. The van der Waals surface area contributed by atoms with Crippen LogP contribution in [0, 0.1) is 0 Å². The van der Waals surface area contributed by atoms with Crippen LogP contribution in [0.25, 0.3) is 0 Å². The molecular formula is C11H27N3. The molecule has 1 rings (SSSR count). The number of nitrogens with zero attached hydrogens (tertiary/aromatic N) is 2. The van der Waals surface area contributed by atoms with Gasteiger partial charge in [-0.3, -0.25) is 0 Å². The number of unbranched alkanes of at least 4 members (excludes halogenated alkanes) is 1. The average molecular weight is 201 g/mol. The van der Waals surface area contributed by atoms with Gasteiger partial charge in [0.1, 0.15) is 0 Å². The lowest BCUT2D eigenvalue weighted by molar-refractivity contribution is 0.152. The Kier molecular flexibility index (Phi) is 9.35. The molecule has 0 aliphatic carbocycles. The van der Waals surface area contributed by atoms with Crippen molar-refractivity contribution >= 4 is 0 Å². The Morgan fingerprint density at radius 2 is 1.57 bits per heavy atom. The minimum atomic E-state index is 1.25. The van der Waals surface area contributed by atoms with E-state index >= 15 is 0 Å². The van der Waals surface area contributed by atoms with E-state index in [2.05, 4.69) is 29.1 Å². The van der Waals surface area contributed by atoms with E-state index < -0.39 is 0 Å². The van der Waals surface area contributed by atoms with Crippen molar-refractivity contribution in [1.82, 2.24) is 15.1 Å². The highest BCUT2D eigenvalue weighted by atomic mass is 15.2. The number of piperazine rings is 1. The zero-order valence-electron chi connectivity index (χ0n) is 10.3. The standard InChI is InChI=1S/C9H20N2.C2H7N/c1-3-4-5-11-8-6-10(2)7-9-11;1-3-2/h3-9H2,1-2H3;3H,1-2H3. The molecule has 0 radical (unpaired) electrons. The summed E-state index contributed by atoms with van der Waals surface area (Å²) in [6.45, 7) is 8.63. The largest absolute Gasteiger partial charge is 0.323 e. The third kappa shape index (κ3) is 7.30. The van der Waals surface area contributed by atoms with Crippen LogP contribution in [0.4, 0.5) is 0 Å². The number of rotatable bonds is 3. The smallest absolute Gasteiger partial charge is 0.0110 e. The lowest BCUT2D eigenvalue weighted by Gasteiger charge is -2.32. The predicted octanol–water partition coefficient (Wildman–Crippen LogP) is 0.870. The van der Waals surface area contributed by atoms with Crippen LogP contribution >= 0.6 is 0 Å². The van der Waals surface area contributed by atoms with Crippen LogP contribution in [-0.4, -0.2) is 63.7 Å². The van der Waals surface area contributed by atoms with E-state index in [1.54, 1.807) is 0 Å². The molecule has 0 spiro atoms. The lowest BCUT2D eigenvalue weighted by Crippen LogP contribution is -2.44. The molecule has 0 aromatic heterocycles. The van der Waals surface area contributed by atoms with E-state index in [9.17, 15) is 0 Å². The number of nitrogens with one attached hydrogen (secondary N) is 1. The van der Waals surface area contributed by atoms with Gasteiger partial charge in [-0.2, -0.15) is 0 Å². The molecule has 0 saturated carbocycles. The Morgan fingerprint density at radius 1 is 1.07 bits per heavy atom. The molecule has 1 aliphatic heterocycles. The molecule has 3 heteroatoms. The molecule has 0 bridgehead atoms. The fraction of sp³-hybridized carbons (Fsp3) is 1.00. The van der Waals surface area contributed by atoms with Crippen molar-refractivity contribution in [2.24, 2.45) is 0 Å². The maximum atomic E-state index is 2.75. The summed E-state index contributed by atoms with van der Waals surface area (Å²) in [7, 11) is 5.96. The zero-order chi connectivity index (χ0) is 10.8. The number of hydrogen-bond acceptors (Lipinski definition) is 3. The normalized spacial score (nSPS) is 18.9. The summed E-state index contributed by atoms with van der Waals surface area (Å²) in [5.74, 6) is 0. The van der Waals surface area contributed by atoms with Gasteiger partial charge < -0.3 is 15.1 Å². The average Bonchev–Trinajstić information content (AvgIpc) is 2.18. The first-order chi connectivity index (χ1) is 6.74. The third-order valence-corrected chi connectivity index (χ3v) is 2.42. The van der Waals surface area contributed by atoms with E-state index in [-0.39, 0.29) is 0 Å². The summed E-state index contributed by atoms with van der Waals surface area (Å²) in [6.07, 6.45) is 2.69. The Hall–Kier alpha value is -0.120. The van der Waals surface area contributed by atoms with Crippen molar-refractivity contribution < 1.29 is 0 Å². The molecule has 14 heavy (non-hydrogen) atoms. The summed E-state index contributed by atoms with van der Waals surface area (Å²) in [5.41, 5.74) is 0. The van der Waals surface area contributed by atoms with Gasteiger partial charge in [-0.05, 0) is 34.1 Å². The Bertz CT molecular complexity index is 106. The van der Waals surface area contributed by atoms with E-state index in [1.807, 2.05) is 14.1 Å². The fourth-order valence-electron chi connectivity index (χ4n) is 1.45. The number of likely N-dealkylation sites (N-methyl/N-ethyl adjacent to an activating group) is 1. The van der Waals surface area contributed by atoms with Crippen molar-refractivity contribution in [3.8, 4) is 0 Å². The molecule has 0 aromatic carbocycles. The minimum absolute atomic E-state index is 1.25. The van der Waals surface area contributed by atoms with E-state index in [1.165, 1.54) is 45.6 Å². The van der Waals surface area contributed by atoms with Gasteiger partial charge in [0, 0.05) is 26.2 Å². The Morgan fingerprint density at radius 3 is 2.00 bits per heavy atom. The van der Waals surface area contributed by atoms with E-state index in [0.717, 1.165) is 0 Å². The third-order valence-electron chi connectivity index (χ3n) is 2.42. The summed E-state index contributed by atoms with van der Waals surface area (Å²) in [6, 6.07) is 0. The quantitative estimate of drug-likeness (QED) is 0.731. The van der Waals surface area contributed by atoms with Gasteiger partial charge in [0.05, 0.1) is 0 Å². The highest BCUT2D eigenvalue weighted by Crippen LogP contribution is 2.00. The highest BCUT2D eigenvalue weighted by molar-refractivity contribution is 4.68. The van der Waals surface area contributed by atoms with Crippen molar-refractivity contribution in [3.63, 3.8) is 0 Å². The summed E-state index contributed by atoms with van der Waals surface area (Å²) >= 11 is 0. The molecule has 3 nitrogen and oxygen atoms in total. The van der Waals surface area contributed by atoms with E-state index in [0.29, 0.717) is 0 Å². The summed E-state index contributed by atoms with van der Waals surface area (Å²) in [4.78, 5) is 4.98. The Balaban J connectivity index is 0.000000500. The minimum Gasteiger partial charge on any atom is -0.323 e. The van der Waals surface area contributed by atoms with Gasteiger partial charge >= 0.3 is 0 Å². The molecule has 0 unspecified atom stereocenters. The fourth-order valence-corrected chi connectivity index (χ4v) is 1.45. The molecule has 0 aromatic rings. The van der Waals surface area contributed by atoms with Gasteiger partial charge in [-0.25, -0.2) is 0 Å². The van der Waals surface area contributed by atoms with Crippen LogP contribution in [0.15, 0.2) is 0 Å². The van der Waals surface area contributed by atoms with Crippen molar-refractivity contribution in [2.45, 2.75) is 19.8 Å². The molecule has 1 N–H and O–H groups in total. The van der Waals surface area contributed by atoms with Gasteiger partial charge in [-0.15, -0.1) is 0 Å². The topological polar surface area (TPSA) is 18.5 Å². The molecule has 86 valence electrons. The maximum absolute atomic E-state index is 2.75. The first-order valence-corrected chi connectivity index (χ1v) is 5.74. The van der Waals surface area contributed by atoms with Crippen molar-refractivity contribution in [2.75, 3.05) is 53.9 Å². The van der Waals surface area contributed by atoms with Gasteiger partial charge in [0.25, 0.3) is 0 Å². The SMILES string of the molecule is CCCCN1CCN(C)CC1.CNC. The van der Waals surface area contributed by atoms with Gasteiger partial charge in [0.15, 0.2) is 0 Å². The Labute approximate surface area is 89.5 Å². The number of hydrogen-bond donors (Lipinski definition) is 1. The monoisotopic (exact) mass is 201 g/mol. The molecule has 1 fully saturated rings. The van der Waals surface area contributed by atoms with Crippen molar-refractivity contribution in [3.05, 3.63) is 0 Å². The lowest BCUT2D eigenvalue weighted by atomic mass is 10.3. The van der Waals surface area contributed by atoms with E-state index in [4.69, 9.17) is 0 Å². The van der Waals surface area contributed by atoms with Gasteiger partial charge in [-0.1, -0.05) is 13.3 Å². The molecule has 1 heterocycles.